The molecule has 1 aromatic heterocycles. The molecule has 11 heteroatoms. The Morgan fingerprint density at radius 3 is 2.67 bits per heavy atom. The lowest BCUT2D eigenvalue weighted by atomic mass is 10.0. The van der Waals surface area contributed by atoms with E-state index in [2.05, 4.69) is 20.4 Å². The fourth-order valence-corrected chi connectivity index (χ4v) is 3.14. The van der Waals surface area contributed by atoms with Crippen molar-refractivity contribution < 1.29 is 27.5 Å². The number of nitrogens with zero attached hydrogens (tertiary/aromatic N) is 1. The number of alkyl halides is 3. The van der Waals surface area contributed by atoms with Gasteiger partial charge in [0.15, 0.2) is 5.13 Å². The van der Waals surface area contributed by atoms with Crippen LogP contribution < -0.4 is 21.1 Å². The number of nitrogens with one attached hydrogen (secondary N) is 2. The van der Waals surface area contributed by atoms with E-state index in [1.165, 1.54) is 12.1 Å². The summed E-state index contributed by atoms with van der Waals surface area (Å²) in [6, 6.07) is 2.97. The molecule has 2 rings (SSSR count). The number of rotatable bonds is 7. The van der Waals surface area contributed by atoms with E-state index in [1.807, 2.05) is 13.8 Å². The smallest absolute Gasteiger partial charge is 0.406 e. The molecule has 0 unspecified atom stereocenters. The van der Waals surface area contributed by atoms with Gasteiger partial charge in [-0.2, -0.15) is 0 Å². The molecule has 4 N–H and O–H groups in total. The molecule has 0 fully saturated rings. The second-order valence-corrected chi connectivity index (χ2v) is 7.23. The summed E-state index contributed by atoms with van der Waals surface area (Å²) in [5, 5.41) is 5.11. The Morgan fingerprint density at radius 1 is 1.33 bits per heavy atom. The zero-order valence-electron chi connectivity index (χ0n) is 14.6. The van der Waals surface area contributed by atoms with Crippen molar-refractivity contribution in [3.05, 3.63) is 18.2 Å². The van der Waals surface area contributed by atoms with Crippen LogP contribution in [-0.2, 0) is 9.59 Å². The third-order valence-electron chi connectivity index (χ3n) is 3.33. The Balaban J connectivity index is 1.93. The van der Waals surface area contributed by atoms with Crippen LogP contribution in [0.5, 0.6) is 5.75 Å². The van der Waals surface area contributed by atoms with Crippen LogP contribution in [0, 0.1) is 5.92 Å². The molecule has 2 amide bonds. The van der Waals surface area contributed by atoms with E-state index < -0.39 is 24.2 Å². The molecule has 1 atom stereocenters. The average molecular weight is 404 g/mol. The van der Waals surface area contributed by atoms with Gasteiger partial charge < -0.3 is 21.1 Å². The van der Waals surface area contributed by atoms with Gasteiger partial charge in [-0.3, -0.25) is 9.59 Å². The van der Waals surface area contributed by atoms with Gasteiger partial charge in [-0.15, -0.1) is 13.2 Å². The first-order valence-electron chi connectivity index (χ1n) is 8.03. The fourth-order valence-electron chi connectivity index (χ4n) is 2.23. The van der Waals surface area contributed by atoms with E-state index in [0.29, 0.717) is 16.6 Å². The molecule has 0 aliphatic heterocycles. The van der Waals surface area contributed by atoms with E-state index in [0.717, 1.165) is 17.4 Å². The monoisotopic (exact) mass is 404 g/mol. The topological polar surface area (TPSA) is 106 Å². The summed E-state index contributed by atoms with van der Waals surface area (Å²) in [5.41, 5.74) is 6.13. The highest BCUT2D eigenvalue weighted by Gasteiger charge is 2.31. The largest absolute Gasteiger partial charge is 0.573 e. The lowest BCUT2D eigenvalue weighted by Crippen LogP contribution is -2.44. The minimum Gasteiger partial charge on any atom is -0.406 e. The summed E-state index contributed by atoms with van der Waals surface area (Å²) in [6.07, 6.45) is -4.29. The predicted octanol–water partition coefficient (Wildman–Crippen LogP) is 2.62. The number of fused-ring (bicyclic) bond motifs is 1. The van der Waals surface area contributed by atoms with Crippen LogP contribution >= 0.6 is 11.3 Å². The first kappa shape index (κ1) is 20.9. The quantitative estimate of drug-likeness (QED) is 0.658. The van der Waals surface area contributed by atoms with Gasteiger partial charge >= 0.3 is 6.36 Å². The molecule has 0 bridgehead atoms. The Kier molecular flexibility index (Phi) is 6.60. The summed E-state index contributed by atoms with van der Waals surface area (Å²) in [5.74, 6) is -1.08. The van der Waals surface area contributed by atoms with Gasteiger partial charge in [-0.05, 0) is 24.5 Å². The van der Waals surface area contributed by atoms with Crippen molar-refractivity contribution in [2.75, 3.05) is 11.9 Å². The highest BCUT2D eigenvalue weighted by molar-refractivity contribution is 7.22. The van der Waals surface area contributed by atoms with Gasteiger partial charge in [-0.1, -0.05) is 25.2 Å². The van der Waals surface area contributed by atoms with Crippen LogP contribution in [-0.4, -0.2) is 35.7 Å². The van der Waals surface area contributed by atoms with Crippen LogP contribution in [0.3, 0.4) is 0 Å². The molecule has 0 radical (unpaired) electrons. The molecule has 0 saturated heterocycles. The number of carbonyl (C=O) groups excluding carboxylic acids is 2. The van der Waals surface area contributed by atoms with E-state index in [9.17, 15) is 22.8 Å². The predicted molar refractivity (Wildman–Crippen MR) is 95.4 cm³/mol. The van der Waals surface area contributed by atoms with Gasteiger partial charge in [0.1, 0.15) is 5.75 Å². The van der Waals surface area contributed by atoms with Crippen molar-refractivity contribution >= 4 is 38.5 Å². The van der Waals surface area contributed by atoms with Crippen molar-refractivity contribution in [1.29, 1.82) is 0 Å². The minimum absolute atomic E-state index is 0.194. The molecular formula is C16H19F3N4O3S. The maximum absolute atomic E-state index is 12.3. The van der Waals surface area contributed by atoms with Gasteiger partial charge in [0.2, 0.25) is 11.8 Å². The number of ether oxygens (including phenoxy) is 1. The summed E-state index contributed by atoms with van der Waals surface area (Å²) < 4.78 is 41.0. The van der Waals surface area contributed by atoms with Gasteiger partial charge in [0, 0.05) is 6.07 Å². The molecule has 2 aromatic rings. The minimum atomic E-state index is -4.79. The maximum Gasteiger partial charge on any atom is 0.573 e. The number of benzene rings is 1. The third-order valence-corrected chi connectivity index (χ3v) is 4.26. The Hall–Kier alpha value is -2.40. The van der Waals surface area contributed by atoms with E-state index in [4.69, 9.17) is 5.73 Å². The van der Waals surface area contributed by atoms with Crippen LogP contribution in [0.1, 0.15) is 20.3 Å². The molecule has 0 saturated carbocycles. The van der Waals surface area contributed by atoms with Crippen LogP contribution in [0.25, 0.3) is 10.2 Å². The second-order valence-electron chi connectivity index (χ2n) is 6.20. The second kappa shape index (κ2) is 8.53. The molecule has 1 heterocycles. The molecular weight excluding hydrogens is 385 g/mol. The van der Waals surface area contributed by atoms with Gasteiger partial charge in [-0.25, -0.2) is 4.98 Å². The van der Waals surface area contributed by atoms with Crippen molar-refractivity contribution in [2.45, 2.75) is 32.7 Å². The summed E-state index contributed by atoms with van der Waals surface area (Å²) in [4.78, 5) is 27.8. The number of hydrogen-bond acceptors (Lipinski definition) is 6. The van der Waals surface area contributed by atoms with Crippen molar-refractivity contribution in [3.63, 3.8) is 0 Å². The molecule has 27 heavy (non-hydrogen) atoms. The highest BCUT2D eigenvalue weighted by Crippen LogP contribution is 2.31. The highest BCUT2D eigenvalue weighted by atomic mass is 32.1. The lowest BCUT2D eigenvalue weighted by molar-refractivity contribution is -0.274. The first-order valence-corrected chi connectivity index (χ1v) is 8.84. The number of halogens is 3. The Bertz CT molecular complexity index is 823. The number of amides is 2. The van der Waals surface area contributed by atoms with Crippen molar-refractivity contribution in [2.24, 2.45) is 11.7 Å². The molecule has 7 nitrogen and oxygen atoms in total. The van der Waals surface area contributed by atoms with Crippen molar-refractivity contribution in [3.8, 4) is 5.75 Å². The van der Waals surface area contributed by atoms with E-state index >= 15 is 0 Å². The summed E-state index contributed by atoms with van der Waals surface area (Å²) in [7, 11) is 0. The lowest BCUT2D eigenvalue weighted by Gasteiger charge is -2.13. The van der Waals surface area contributed by atoms with Crippen LogP contribution in [0.2, 0.25) is 0 Å². The Morgan fingerprint density at radius 2 is 2.04 bits per heavy atom. The average Bonchev–Trinajstić information content (AvgIpc) is 2.91. The third kappa shape index (κ3) is 6.68. The van der Waals surface area contributed by atoms with Gasteiger partial charge in [0.25, 0.3) is 0 Å². The van der Waals surface area contributed by atoms with Crippen LogP contribution in [0.15, 0.2) is 18.2 Å². The molecule has 0 spiro atoms. The fraction of sp³-hybridized carbons (Fsp3) is 0.438. The standard InChI is InChI=1S/C16H19F3N4O3S/c1-8(2)5-10(20)14(25)21-7-13(24)23-15-22-11-4-3-9(6-12(11)27-15)26-16(17,18)19/h3-4,6,8,10H,5,7,20H2,1-2H3,(H,21,25)(H,22,23,24)/t10-/m1/s1. The van der Waals surface area contributed by atoms with E-state index in [1.54, 1.807) is 0 Å². The SMILES string of the molecule is CC(C)C[C@@H](N)C(=O)NCC(=O)Nc1nc2ccc(OC(F)(F)F)cc2s1. The van der Waals surface area contributed by atoms with Crippen molar-refractivity contribution in [1.82, 2.24) is 10.3 Å². The number of carbonyl (C=O) groups is 2. The summed E-state index contributed by atoms with van der Waals surface area (Å²) in [6.45, 7) is 3.57. The number of nitrogens with two attached hydrogens (primary N) is 1. The number of thiazole rings is 1. The summed E-state index contributed by atoms with van der Waals surface area (Å²) >= 11 is 0.987. The number of hydrogen-bond donors (Lipinski definition) is 3. The maximum atomic E-state index is 12.3. The van der Waals surface area contributed by atoms with E-state index in [-0.39, 0.29) is 23.3 Å². The number of anilines is 1. The normalized spacial score (nSPS) is 12.9. The zero-order valence-corrected chi connectivity index (χ0v) is 15.4. The molecule has 0 aliphatic carbocycles. The first-order chi connectivity index (χ1) is 12.5. The molecule has 148 valence electrons. The van der Waals surface area contributed by atoms with Gasteiger partial charge in [0.05, 0.1) is 22.8 Å². The zero-order chi connectivity index (χ0) is 20.2. The number of aromatic nitrogens is 1. The molecule has 0 aliphatic rings. The Labute approximate surface area is 157 Å². The van der Waals surface area contributed by atoms with Crippen LogP contribution in [0.4, 0.5) is 18.3 Å². The molecule has 1 aromatic carbocycles.